The molecule has 1 aliphatic rings. The van der Waals surface area contributed by atoms with Crippen molar-refractivity contribution >= 4 is 5.78 Å². The lowest BCUT2D eigenvalue weighted by atomic mass is 9.98. The lowest BCUT2D eigenvalue weighted by Crippen LogP contribution is -2.20. The van der Waals surface area contributed by atoms with Crippen molar-refractivity contribution in [1.82, 2.24) is 0 Å². The summed E-state index contributed by atoms with van der Waals surface area (Å²) in [5, 5.41) is 0. The highest BCUT2D eigenvalue weighted by Gasteiger charge is 2.29. The van der Waals surface area contributed by atoms with E-state index in [0.29, 0.717) is 23.5 Å². The smallest absolute Gasteiger partial charge is 0.170 e. The van der Waals surface area contributed by atoms with Crippen LogP contribution in [0.3, 0.4) is 0 Å². The molecule has 1 unspecified atom stereocenters. The summed E-state index contributed by atoms with van der Waals surface area (Å²) in [6.45, 7) is 3.85. The van der Waals surface area contributed by atoms with Crippen LogP contribution in [0.15, 0.2) is 34.7 Å². The Labute approximate surface area is 105 Å². The molecule has 0 saturated carbocycles. The van der Waals surface area contributed by atoms with Crippen molar-refractivity contribution < 1.29 is 13.9 Å². The molecule has 0 amide bonds. The van der Waals surface area contributed by atoms with Crippen molar-refractivity contribution in [3.8, 4) is 5.75 Å². The maximum Gasteiger partial charge on any atom is 0.170 e. The van der Waals surface area contributed by atoms with E-state index in [1.165, 1.54) is 0 Å². The van der Waals surface area contributed by atoms with Crippen LogP contribution in [0.2, 0.25) is 0 Å². The summed E-state index contributed by atoms with van der Waals surface area (Å²) < 4.78 is 11.4. The third-order valence-electron chi connectivity index (χ3n) is 3.15. The molecule has 0 radical (unpaired) electrons. The van der Waals surface area contributed by atoms with Gasteiger partial charge in [-0.05, 0) is 38.1 Å². The molecule has 2 aromatic rings. The SMILES string of the molecule is Cc1ccc2c(c1)C(=O)CC(c1ccc(C)o1)O2. The number of fused-ring (bicyclic) bond motifs is 1. The molecule has 2 heterocycles. The van der Waals surface area contributed by atoms with Crippen molar-refractivity contribution in [3.63, 3.8) is 0 Å². The Morgan fingerprint density at radius 1 is 1.17 bits per heavy atom. The minimum atomic E-state index is -0.304. The van der Waals surface area contributed by atoms with Gasteiger partial charge in [0.2, 0.25) is 0 Å². The van der Waals surface area contributed by atoms with Gasteiger partial charge in [-0.1, -0.05) is 11.6 Å². The zero-order valence-corrected chi connectivity index (χ0v) is 10.4. The lowest BCUT2D eigenvalue weighted by Gasteiger charge is -2.24. The van der Waals surface area contributed by atoms with Crippen LogP contribution in [-0.4, -0.2) is 5.78 Å². The van der Waals surface area contributed by atoms with Gasteiger partial charge in [0, 0.05) is 0 Å². The van der Waals surface area contributed by atoms with Crippen LogP contribution in [-0.2, 0) is 0 Å². The van der Waals surface area contributed by atoms with Gasteiger partial charge in [0.25, 0.3) is 0 Å². The largest absolute Gasteiger partial charge is 0.481 e. The predicted octanol–water partition coefficient (Wildman–Crippen LogP) is 3.60. The van der Waals surface area contributed by atoms with Crippen LogP contribution in [0.4, 0.5) is 0 Å². The number of carbonyl (C=O) groups excluding carboxylic acids is 1. The third kappa shape index (κ3) is 1.82. The molecule has 1 aromatic carbocycles. The normalized spacial score (nSPS) is 18.3. The summed E-state index contributed by atoms with van der Waals surface area (Å²) in [4.78, 5) is 12.1. The van der Waals surface area contributed by atoms with E-state index in [2.05, 4.69) is 0 Å². The summed E-state index contributed by atoms with van der Waals surface area (Å²) in [5.41, 5.74) is 1.74. The first-order valence-corrected chi connectivity index (χ1v) is 6.00. The maximum absolute atomic E-state index is 12.1. The van der Waals surface area contributed by atoms with Crippen LogP contribution in [0.5, 0.6) is 5.75 Å². The quantitative estimate of drug-likeness (QED) is 0.767. The first kappa shape index (κ1) is 11.1. The second-order valence-electron chi connectivity index (χ2n) is 4.68. The van der Waals surface area contributed by atoms with Gasteiger partial charge in [-0.3, -0.25) is 4.79 Å². The van der Waals surface area contributed by atoms with Crippen LogP contribution < -0.4 is 4.74 Å². The van der Waals surface area contributed by atoms with Crippen LogP contribution >= 0.6 is 0 Å². The molecule has 1 atom stereocenters. The molecule has 1 aliphatic heterocycles. The first-order chi connectivity index (χ1) is 8.63. The highest BCUT2D eigenvalue weighted by molar-refractivity contribution is 6.00. The Morgan fingerprint density at radius 3 is 2.72 bits per heavy atom. The van der Waals surface area contributed by atoms with Gasteiger partial charge < -0.3 is 9.15 Å². The van der Waals surface area contributed by atoms with Crippen LogP contribution in [0.25, 0.3) is 0 Å². The minimum Gasteiger partial charge on any atom is -0.481 e. The topological polar surface area (TPSA) is 39.4 Å². The van der Waals surface area contributed by atoms with Gasteiger partial charge in [0.1, 0.15) is 17.3 Å². The van der Waals surface area contributed by atoms with Crippen molar-refractivity contribution in [2.45, 2.75) is 26.4 Å². The Hall–Kier alpha value is -2.03. The van der Waals surface area contributed by atoms with Gasteiger partial charge in [0.15, 0.2) is 11.9 Å². The van der Waals surface area contributed by atoms with E-state index in [1.54, 1.807) is 0 Å². The van der Waals surface area contributed by atoms with Gasteiger partial charge in [-0.25, -0.2) is 0 Å². The standard InChI is InChI=1S/C15H14O3/c1-9-3-5-13-11(7-9)12(16)8-15(18-13)14-6-4-10(2)17-14/h3-7,15H,8H2,1-2H3. The summed E-state index contributed by atoms with van der Waals surface area (Å²) in [5.74, 6) is 2.30. The molecule has 92 valence electrons. The fourth-order valence-electron chi connectivity index (χ4n) is 2.22. The van der Waals surface area contributed by atoms with E-state index < -0.39 is 0 Å². The summed E-state index contributed by atoms with van der Waals surface area (Å²) in [7, 11) is 0. The van der Waals surface area contributed by atoms with Crippen molar-refractivity contribution in [3.05, 3.63) is 53.0 Å². The highest BCUT2D eigenvalue weighted by Crippen LogP contribution is 2.35. The van der Waals surface area contributed by atoms with Crippen molar-refractivity contribution in [1.29, 1.82) is 0 Å². The van der Waals surface area contributed by atoms with Crippen LogP contribution in [0.1, 0.15) is 40.0 Å². The Bertz CT molecular complexity index is 610. The van der Waals surface area contributed by atoms with Crippen molar-refractivity contribution in [2.24, 2.45) is 0 Å². The molecule has 0 saturated heterocycles. The average molecular weight is 242 g/mol. The summed E-state index contributed by atoms with van der Waals surface area (Å²) in [6, 6.07) is 9.42. The molecular formula is C15H14O3. The van der Waals surface area contributed by atoms with E-state index in [4.69, 9.17) is 9.15 Å². The molecule has 3 heteroatoms. The van der Waals surface area contributed by atoms with E-state index >= 15 is 0 Å². The predicted molar refractivity (Wildman–Crippen MR) is 66.9 cm³/mol. The Balaban J connectivity index is 1.96. The van der Waals surface area contributed by atoms with Gasteiger partial charge in [0.05, 0.1) is 12.0 Å². The van der Waals surface area contributed by atoms with E-state index in [0.717, 1.165) is 11.3 Å². The zero-order valence-electron chi connectivity index (χ0n) is 10.4. The molecule has 3 rings (SSSR count). The molecular weight excluding hydrogens is 228 g/mol. The number of hydrogen-bond acceptors (Lipinski definition) is 3. The van der Waals surface area contributed by atoms with Gasteiger partial charge >= 0.3 is 0 Å². The number of ketones is 1. The number of rotatable bonds is 1. The number of carbonyl (C=O) groups is 1. The Morgan fingerprint density at radius 2 is 2.00 bits per heavy atom. The molecule has 3 nitrogen and oxygen atoms in total. The zero-order chi connectivity index (χ0) is 12.7. The molecule has 18 heavy (non-hydrogen) atoms. The number of Topliss-reactive ketones (excluding diaryl/α,β-unsaturated/α-hetero) is 1. The second kappa shape index (κ2) is 4.02. The Kier molecular flexibility index (Phi) is 2.47. The van der Waals surface area contributed by atoms with Gasteiger partial charge in [-0.2, -0.15) is 0 Å². The van der Waals surface area contributed by atoms with E-state index in [-0.39, 0.29) is 11.9 Å². The second-order valence-corrected chi connectivity index (χ2v) is 4.68. The molecule has 0 bridgehead atoms. The number of aryl methyl sites for hydroxylation is 2. The number of benzene rings is 1. The highest BCUT2D eigenvalue weighted by atomic mass is 16.5. The average Bonchev–Trinajstić information content (AvgIpc) is 2.77. The molecule has 0 fully saturated rings. The van der Waals surface area contributed by atoms with Crippen LogP contribution in [0, 0.1) is 13.8 Å². The fourth-order valence-corrected chi connectivity index (χ4v) is 2.22. The number of ether oxygens (including phenoxy) is 1. The van der Waals surface area contributed by atoms with E-state index in [9.17, 15) is 4.79 Å². The molecule has 0 spiro atoms. The monoisotopic (exact) mass is 242 g/mol. The van der Waals surface area contributed by atoms with E-state index in [1.807, 2.05) is 44.2 Å². The first-order valence-electron chi connectivity index (χ1n) is 6.00. The van der Waals surface area contributed by atoms with Crippen molar-refractivity contribution in [2.75, 3.05) is 0 Å². The summed E-state index contributed by atoms with van der Waals surface area (Å²) in [6.07, 6.45) is 0.0325. The summed E-state index contributed by atoms with van der Waals surface area (Å²) >= 11 is 0. The molecule has 0 N–H and O–H groups in total. The molecule has 0 aliphatic carbocycles. The fraction of sp³-hybridized carbons (Fsp3) is 0.267. The lowest BCUT2D eigenvalue weighted by molar-refractivity contribution is 0.0815. The minimum absolute atomic E-state index is 0.110. The number of hydrogen-bond donors (Lipinski definition) is 0. The third-order valence-corrected chi connectivity index (χ3v) is 3.15. The maximum atomic E-state index is 12.1. The number of furan rings is 1. The molecule has 1 aromatic heterocycles. The van der Waals surface area contributed by atoms with Gasteiger partial charge in [-0.15, -0.1) is 0 Å².